The third-order valence-electron chi connectivity index (χ3n) is 7.85. The number of fused-ring (bicyclic) bond motifs is 1. The van der Waals surface area contributed by atoms with Gasteiger partial charge >= 0.3 is 0 Å². The average Bonchev–Trinajstić information content (AvgIpc) is 3.46. The lowest BCUT2D eigenvalue weighted by Gasteiger charge is -2.39. The largest absolute Gasteiger partial charge is 0.495 e. The zero-order chi connectivity index (χ0) is 26.8. The number of hydrogen-bond acceptors (Lipinski definition) is 8. The molecule has 0 bridgehead atoms. The van der Waals surface area contributed by atoms with Crippen LogP contribution in [0.15, 0.2) is 36.2 Å². The standard InChI is InChI=1S/C28H37N7O3/c1-5-22-27(37)34(3)23-17-29-28(32-25(23)35(22)20-8-6-7-9-20)31-21-11-10-18(16-24(21)38-4)26(36)30-19-12-14-33(2)15-13-19/h5,10-11,16-17,19-20H,6-9,12-15H2,1-4H3,(H,30,36)(H,29,31,32)/b22-5+. The molecule has 2 aromatic rings. The summed E-state index contributed by atoms with van der Waals surface area (Å²) < 4.78 is 5.62. The molecule has 1 aromatic heterocycles. The number of carbonyl (C=O) groups is 2. The number of benzene rings is 1. The van der Waals surface area contributed by atoms with Gasteiger partial charge in [-0.05, 0) is 70.9 Å². The van der Waals surface area contributed by atoms with Crippen molar-refractivity contribution in [1.82, 2.24) is 20.2 Å². The Hall–Kier alpha value is -3.66. The number of aromatic nitrogens is 2. The van der Waals surface area contributed by atoms with Gasteiger partial charge in [0.05, 0.1) is 19.0 Å². The van der Waals surface area contributed by atoms with E-state index in [-0.39, 0.29) is 23.9 Å². The first-order valence-corrected chi connectivity index (χ1v) is 13.4. The molecule has 3 aliphatic rings. The summed E-state index contributed by atoms with van der Waals surface area (Å²) in [6.45, 7) is 3.86. The van der Waals surface area contributed by atoms with Crippen molar-refractivity contribution in [2.75, 3.05) is 49.4 Å². The normalized spacial score (nSPS) is 20.1. The van der Waals surface area contributed by atoms with E-state index in [1.165, 1.54) is 0 Å². The lowest BCUT2D eigenvalue weighted by Crippen LogP contribution is -2.46. The summed E-state index contributed by atoms with van der Waals surface area (Å²) in [7, 11) is 5.43. The number of allylic oxidation sites excluding steroid dienone is 1. The summed E-state index contributed by atoms with van der Waals surface area (Å²) in [6.07, 6.45) is 9.78. The fourth-order valence-corrected chi connectivity index (χ4v) is 5.61. The highest BCUT2D eigenvalue weighted by molar-refractivity contribution is 6.12. The van der Waals surface area contributed by atoms with E-state index in [9.17, 15) is 9.59 Å². The van der Waals surface area contributed by atoms with Crippen molar-refractivity contribution in [3.8, 4) is 5.75 Å². The Labute approximate surface area is 224 Å². The first kappa shape index (κ1) is 26.0. The van der Waals surface area contributed by atoms with Gasteiger partial charge in [0.2, 0.25) is 5.95 Å². The number of ether oxygens (including phenoxy) is 1. The molecule has 1 aromatic carbocycles. The highest BCUT2D eigenvalue weighted by atomic mass is 16.5. The first-order valence-electron chi connectivity index (χ1n) is 13.4. The van der Waals surface area contributed by atoms with Crippen LogP contribution in [-0.4, -0.2) is 73.1 Å². The molecule has 0 unspecified atom stereocenters. The van der Waals surface area contributed by atoms with Crippen LogP contribution in [0.4, 0.5) is 23.1 Å². The van der Waals surface area contributed by atoms with Crippen molar-refractivity contribution >= 4 is 35.0 Å². The summed E-state index contributed by atoms with van der Waals surface area (Å²) in [5, 5.41) is 6.41. The van der Waals surface area contributed by atoms with Gasteiger partial charge in [-0.1, -0.05) is 18.9 Å². The van der Waals surface area contributed by atoms with Crippen LogP contribution >= 0.6 is 0 Å². The first-order chi connectivity index (χ1) is 18.4. The number of carbonyl (C=O) groups excluding carboxylic acids is 2. The number of likely N-dealkylation sites (tertiary alicyclic amines) is 1. The molecule has 0 radical (unpaired) electrons. The number of nitrogens with one attached hydrogen (secondary N) is 2. The lowest BCUT2D eigenvalue weighted by atomic mass is 10.0. The van der Waals surface area contributed by atoms with E-state index in [0.29, 0.717) is 34.3 Å². The Kier molecular flexibility index (Phi) is 7.51. The van der Waals surface area contributed by atoms with Gasteiger partial charge in [-0.25, -0.2) is 4.98 Å². The molecule has 2 aliphatic heterocycles. The molecule has 10 nitrogen and oxygen atoms in total. The maximum Gasteiger partial charge on any atom is 0.274 e. The van der Waals surface area contributed by atoms with Gasteiger partial charge < -0.3 is 30.1 Å². The minimum absolute atomic E-state index is 0.0491. The SMILES string of the molecule is C/C=C1\C(=O)N(C)c2cnc(Nc3ccc(C(=O)NC4CCN(C)CC4)cc3OC)nc2N1C1CCCC1. The number of amides is 2. The van der Waals surface area contributed by atoms with Crippen LogP contribution in [0.3, 0.4) is 0 Å². The summed E-state index contributed by atoms with van der Waals surface area (Å²) in [4.78, 5) is 41.3. The molecule has 1 saturated carbocycles. The van der Waals surface area contributed by atoms with Crippen LogP contribution in [0, 0.1) is 0 Å². The van der Waals surface area contributed by atoms with Gasteiger partial charge in [0.1, 0.15) is 17.1 Å². The number of hydrogen-bond donors (Lipinski definition) is 2. The molecule has 1 aliphatic carbocycles. The maximum absolute atomic E-state index is 13.1. The van der Waals surface area contributed by atoms with Crippen molar-refractivity contribution in [1.29, 1.82) is 0 Å². The van der Waals surface area contributed by atoms with Gasteiger partial charge in [-0.3, -0.25) is 9.59 Å². The monoisotopic (exact) mass is 519 g/mol. The summed E-state index contributed by atoms with van der Waals surface area (Å²) in [5.74, 6) is 1.49. The molecule has 1 saturated heterocycles. The second-order valence-corrected chi connectivity index (χ2v) is 10.3. The summed E-state index contributed by atoms with van der Waals surface area (Å²) in [6, 6.07) is 5.74. The predicted molar refractivity (Wildman–Crippen MR) is 148 cm³/mol. The third-order valence-corrected chi connectivity index (χ3v) is 7.85. The third kappa shape index (κ3) is 5.05. The van der Waals surface area contributed by atoms with Crippen LogP contribution in [0.1, 0.15) is 55.8 Å². The van der Waals surface area contributed by atoms with Gasteiger partial charge in [-0.2, -0.15) is 4.98 Å². The zero-order valence-electron chi connectivity index (χ0n) is 22.7. The Morgan fingerprint density at radius 2 is 1.87 bits per heavy atom. The zero-order valence-corrected chi connectivity index (χ0v) is 22.7. The van der Waals surface area contributed by atoms with Crippen molar-refractivity contribution in [3.63, 3.8) is 0 Å². The minimum atomic E-state index is -0.103. The van der Waals surface area contributed by atoms with E-state index in [4.69, 9.17) is 9.72 Å². The Morgan fingerprint density at radius 1 is 1.13 bits per heavy atom. The molecule has 38 heavy (non-hydrogen) atoms. The van der Waals surface area contributed by atoms with Crippen LogP contribution in [0.2, 0.25) is 0 Å². The molecule has 0 atom stereocenters. The fourth-order valence-electron chi connectivity index (χ4n) is 5.61. The lowest BCUT2D eigenvalue weighted by molar-refractivity contribution is -0.115. The van der Waals surface area contributed by atoms with Gasteiger partial charge in [0.25, 0.3) is 11.8 Å². The molecule has 202 valence electrons. The minimum Gasteiger partial charge on any atom is -0.495 e. The Bertz CT molecular complexity index is 1230. The summed E-state index contributed by atoms with van der Waals surface area (Å²) in [5.41, 5.74) is 2.53. The van der Waals surface area contributed by atoms with E-state index in [2.05, 4.69) is 32.5 Å². The average molecular weight is 520 g/mol. The molecular formula is C28H37N7O3. The van der Waals surface area contributed by atoms with Crippen molar-refractivity contribution in [2.45, 2.75) is 57.5 Å². The maximum atomic E-state index is 13.1. The topological polar surface area (TPSA) is 103 Å². The van der Waals surface area contributed by atoms with E-state index in [1.807, 2.05) is 19.1 Å². The van der Waals surface area contributed by atoms with E-state index >= 15 is 0 Å². The number of likely N-dealkylation sites (N-methyl/N-ethyl adjacent to an activating group) is 1. The second kappa shape index (κ2) is 11.0. The Balaban J connectivity index is 1.38. The molecule has 2 fully saturated rings. The molecule has 2 N–H and O–H groups in total. The molecule has 5 rings (SSSR count). The number of anilines is 4. The number of methoxy groups -OCH3 is 1. The van der Waals surface area contributed by atoms with Gasteiger partial charge in [0, 0.05) is 24.7 Å². The quantitative estimate of drug-likeness (QED) is 0.557. The van der Waals surface area contributed by atoms with Gasteiger partial charge in [-0.15, -0.1) is 0 Å². The summed E-state index contributed by atoms with van der Waals surface area (Å²) >= 11 is 0. The van der Waals surface area contributed by atoms with Crippen molar-refractivity contribution in [2.24, 2.45) is 0 Å². The van der Waals surface area contributed by atoms with Crippen LogP contribution in [-0.2, 0) is 4.79 Å². The van der Waals surface area contributed by atoms with Crippen LogP contribution in [0.25, 0.3) is 0 Å². The van der Waals surface area contributed by atoms with Crippen LogP contribution in [0.5, 0.6) is 5.75 Å². The van der Waals surface area contributed by atoms with Crippen molar-refractivity contribution < 1.29 is 14.3 Å². The number of rotatable bonds is 6. The predicted octanol–water partition coefficient (Wildman–Crippen LogP) is 3.68. The van der Waals surface area contributed by atoms with E-state index < -0.39 is 0 Å². The fraction of sp³-hybridized carbons (Fsp3) is 0.500. The highest BCUT2D eigenvalue weighted by Crippen LogP contribution is 2.41. The molecule has 10 heteroatoms. The number of piperidine rings is 1. The Morgan fingerprint density at radius 3 is 2.55 bits per heavy atom. The van der Waals surface area contributed by atoms with E-state index in [0.717, 1.165) is 57.4 Å². The second-order valence-electron chi connectivity index (χ2n) is 10.3. The number of nitrogens with zero attached hydrogens (tertiary/aromatic N) is 5. The van der Waals surface area contributed by atoms with Crippen molar-refractivity contribution in [3.05, 3.63) is 41.7 Å². The molecular weight excluding hydrogens is 482 g/mol. The molecule has 2 amide bonds. The molecule has 3 heterocycles. The van der Waals surface area contributed by atoms with Crippen LogP contribution < -0.4 is 25.2 Å². The van der Waals surface area contributed by atoms with Gasteiger partial charge in [0.15, 0.2) is 5.82 Å². The van der Waals surface area contributed by atoms with E-state index in [1.54, 1.807) is 37.4 Å². The smallest absolute Gasteiger partial charge is 0.274 e. The highest BCUT2D eigenvalue weighted by Gasteiger charge is 2.38. The molecule has 0 spiro atoms.